The molecule has 1 N–H and O–H groups in total. The maximum absolute atomic E-state index is 8.69. The summed E-state index contributed by atoms with van der Waals surface area (Å²) in [6, 6.07) is 70.7. The van der Waals surface area contributed by atoms with E-state index in [9.17, 15) is 0 Å². The quantitative estimate of drug-likeness (QED) is 0.130. The molecule has 0 atom stereocenters. The van der Waals surface area contributed by atoms with E-state index in [1.807, 2.05) is 85.1 Å². The van der Waals surface area contributed by atoms with Gasteiger partial charge in [-0.3, -0.25) is 5.41 Å². The number of amidine groups is 2. The summed E-state index contributed by atoms with van der Waals surface area (Å²) in [5.41, 5.74) is 9.52. The number of nitrogens with one attached hydrogen (secondary N) is 1. The predicted molar refractivity (Wildman–Crippen MR) is 243 cm³/mol. The lowest BCUT2D eigenvalue weighted by atomic mass is 10.0. The highest BCUT2D eigenvalue weighted by molar-refractivity contribution is 6.17. The third-order valence-corrected chi connectivity index (χ3v) is 10.6. The molecule has 5 heteroatoms. The molecule has 0 fully saturated rings. The summed E-state index contributed by atoms with van der Waals surface area (Å²) >= 11 is 0. The van der Waals surface area contributed by atoms with Crippen molar-refractivity contribution in [2.45, 2.75) is 0 Å². The zero-order valence-electron chi connectivity index (χ0n) is 31.5. The molecular weight excluding hydrogens is 709 g/mol. The fourth-order valence-electron chi connectivity index (χ4n) is 7.81. The SMILES string of the molecule is N=C(N=C(N=Cc1cccc2oc3cc(-c4ccc(N(c5cccc6ccccc56)c5cccc6ccccc56)cc4)ccc3c12)c1ccccc1)c1ccccc1. The second-order valence-corrected chi connectivity index (χ2v) is 14.2. The molecule has 0 radical (unpaired) electrons. The number of aliphatic imine (C=N–C) groups is 2. The van der Waals surface area contributed by atoms with Gasteiger partial charge in [0.1, 0.15) is 11.2 Å². The average molecular weight is 745 g/mol. The van der Waals surface area contributed by atoms with Crippen LogP contribution in [0.4, 0.5) is 17.1 Å². The molecule has 0 saturated heterocycles. The lowest BCUT2D eigenvalue weighted by Crippen LogP contribution is -2.11. The topological polar surface area (TPSA) is 65.0 Å². The molecule has 0 aliphatic heterocycles. The second-order valence-electron chi connectivity index (χ2n) is 14.2. The Hall–Kier alpha value is -7.89. The molecule has 0 amide bonds. The molecule has 9 aromatic carbocycles. The van der Waals surface area contributed by atoms with Crippen molar-refractivity contribution in [1.29, 1.82) is 5.41 Å². The Morgan fingerprint density at radius 1 is 0.483 bits per heavy atom. The number of fused-ring (bicyclic) bond motifs is 5. The molecule has 10 aromatic rings. The van der Waals surface area contributed by atoms with Gasteiger partial charge in [-0.1, -0.05) is 164 Å². The first-order valence-corrected chi connectivity index (χ1v) is 19.3. The Morgan fingerprint density at radius 3 is 1.72 bits per heavy atom. The van der Waals surface area contributed by atoms with E-state index in [1.54, 1.807) is 0 Å². The lowest BCUT2D eigenvalue weighted by Gasteiger charge is -2.28. The van der Waals surface area contributed by atoms with E-state index < -0.39 is 0 Å². The van der Waals surface area contributed by atoms with Crippen molar-refractivity contribution in [1.82, 2.24) is 0 Å². The van der Waals surface area contributed by atoms with Crippen molar-refractivity contribution in [2.75, 3.05) is 4.90 Å². The van der Waals surface area contributed by atoms with E-state index in [-0.39, 0.29) is 5.84 Å². The summed E-state index contributed by atoms with van der Waals surface area (Å²) in [5, 5.41) is 15.5. The maximum atomic E-state index is 8.69. The van der Waals surface area contributed by atoms with Gasteiger partial charge in [0.2, 0.25) is 0 Å². The van der Waals surface area contributed by atoms with Crippen LogP contribution in [0.2, 0.25) is 0 Å². The normalized spacial score (nSPS) is 11.9. The van der Waals surface area contributed by atoms with Crippen LogP contribution in [-0.4, -0.2) is 17.9 Å². The minimum Gasteiger partial charge on any atom is -0.456 e. The monoisotopic (exact) mass is 744 g/mol. The molecule has 5 nitrogen and oxygen atoms in total. The van der Waals surface area contributed by atoms with E-state index >= 15 is 0 Å². The third kappa shape index (κ3) is 6.51. The molecule has 58 heavy (non-hydrogen) atoms. The first kappa shape index (κ1) is 34.6. The van der Waals surface area contributed by atoms with Gasteiger partial charge in [-0.2, -0.15) is 0 Å². The van der Waals surface area contributed by atoms with Crippen LogP contribution in [0.3, 0.4) is 0 Å². The molecule has 0 unspecified atom stereocenters. The summed E-state index contributed by atoms with van der Waals surface area (Å²) in [6.45, 7) is 0. The van der Waals surface area contributed by atoms with Crippen LogP contribution in [0.1, 0.15) is 16.7 Å². The zero-order valence-corrected chi connectivity index (χ0v) is 31.5. The smallest absolute Gasteiger partial charge is 0.161 e. The van der Waals surface area contributed by atoms with Gasteiger partial charge in [0.05, 0.1) is 11.4 Å². The molecule has 1 aromatic heterocycles. The summed E-state index contributed by atoms with van der Waals surface area (Å²) in [5.74, 6) is 0.614. The first-order valence-electron chi connectivity index (χ1n) is 19.3. The van der Waals surface area contributed by atoms with E-state index in [2.05, 4.69) is 137 Å². The van der Waals surface area contributed by atoms with Crippen molar-refractivity contribution >= 4 is 78.4 Å². The maximum Gasteiger partial charge on any atom is 0.161 e. The third-order valence-electron chi connectivity index (χ3n) is 10.6. The lowest BCUT2D eigenvalue weighted by molar-refractivity contribution is 0.669. The zero-order chi connectivity index (χ0) is 38.8. The van der Waals surface area contributed by atoms with Gasteiger partial charge < -0.3 is 9.32 Å². The van der Waals surface area contributed by atoms with Crippen molar-refractivity contribution in [2.24, 2.45) is 9.98 Å². The van der Waals surface area contributed by atoms with Crippen molar-refractivity contribution < 1.29 is 4.42 Å². The molecule has 0 aliphatic carbocycles. The Labute approximate surface area is 336 Å². The highest BCUT2D eigenvalue weighted by atomic mass is 16.3. The van der Waals surface area contributed by atoms with E-state index in [1.165, 1.54) is 21.5 Å². The fraction of sp³-hybridized carbons (Fsp3) is 0. The summed E-state index contributed by atoms with van der Waals surface area (Å²) in [7, 11) is 0. The van der Waals surface area contributed by atoms with Crippen LogP contribution in [0, 0.1) is 5.41 Å². The number of rotatable bonds is 7. The number of hydrogen-bond donors (Lipinski definition) is 1. The fourth-order valence-corrected chi connectivity index (χ4v) is 7.81. The minimum absolute atomic E-state index is 0.152. The van der Waals surface area contributed by atoms with Crippen molar-refractivity contribution in [3.05, 3.63) is 223 Å². The minimum atomic E-state index is 0.152. The van der Waals surface area contributed by atoms with Crippen LogP contribution in [-0.2, 0) is 0 Å². The second kappa shape index (κ2) is 15.0. The van der Waals surface area contributed by atoms with Gasteiger partial charge in [-0.15, -0.1) is 0 Å². The Morgan fingerprint density at radius 2 is 1.05 bits per heavy atom. The van der Waals surface area contributed by atoms with Gasteiger partial charge in [0.25, 0.3) is 0 Å². The highest BCUT2D eigenvalue weighted by Gasteiger charge is 2.18. The van der Waals surface area contributed by atoms with Gasteiger partial charge in [0, 0.05) is 50.1 Å². The molecule has 10 rings (SSSR count). The number of hydrogen-bond acceptors (Lipinski definition) is 3. The highest BCUT2D eigenvalue weighted by Crippen LogP contribution is 2.42. The summed E-state index contributed by atoms with van der Waals surface area (Å²) < 4.78 is 6.49. The molecule has 0 aliphatic rings. The number of nitrogens with zero attached hydrogens (tertiary/aromatic N) is 3. The summed E-state index contributed by atoms with van der Waals surface area (Å²) in [6.07, 6.45) is 1.83. The number of benzene rings is 9. The van der Waals surface area contributed by atoms with E-state index in [0.717, 1.165) is 66.8 Å². The van der Waals surface area contributed by atoms with Gasteiger partial charge >= 0.3 is 0 Å². The van der Waals surface area contributed by atoms with Gasteiger partial charge in [-0.05, 0) is 64.4 Å². The van der Waals surface area contributed by atoms with Crippen LogP contribution in [0.25, 0.3) is 54.6 Å². The standard InChI is InChI=1S/C53H36N4O/c54-52(39-16-3-1-4-17-39)56-53(40-18-5-2-6-19-40)55-35-42-22-13-27-49-51(42)46-33-30-41(34-50(46)58-49)36-28-31-43(32-29-36)57(47-25-11-20-37-14-7-9-23-44(37)47)48-26-12-21-38-15-8-10-24-45(38)48/h1-35,54H. The molecular formula is C53H36N4O. The van der Waals surface area contributed by atoms with Gasteiger partial charge in [-0.25, -0.2) is 9.98 Å². The Bertz CT molecular complexity index is 3090. The first-order chi connectivity index (χ1) is 28.7. The summed E-state index contributed by atoms with van der Waals surface area (Å²) in [4.78, 5) is 11.9. The number of furan rings is 1. The van der Waals surface area contributed by atoms with Crippen LogP contribution < -0.4 is 4.90 Å². The molecule has 274 valence electrons. The van der Waals surface area contributed by atoms with E-state index in [0.29, 0.717) is 5.84 Å². The molecule has 0 bridgehead atoms. The van der Waals surface area contributed by atoms with Crippen molar-refractivity contribution in [3.8, 4) is 11.1 Å². The van der Waals surface area contributed by atoms with Crippen LogP contribution >= 0.6 is 0 Å². The van der Waals surface area contributed by atoms with Crippen LogP contribution in [0.5, 0.6) is 0 Å². The molecule has 1 heterocycles. The van der Waals surface area contributed by atoms with E-state index in [4.69, 9.17) is 14.8 Å². The van der Waals surface area contributed by atoms with Crippen LogP contribution in [0.15, 0.2) is 221 Å². The molecule has 0 spiro atoms. The van der Waals surface area contributed by atoms with Crippen molar-refractivity contribution in [3.63, 3.8) is 0 Å². The van der Waals surface area contributed by atoms with Gasteiger partial charge in [0.15, 0.2) is 11.7 Å². The average Bonchev–Trinajstić information content (AvgIpc) is 3.67. The number of anilines is 3. The largest absolute Gasteiger partial charge is 0.456 e. The molecule has 0 saturated carbocycles. The Kier molecular flexibility index (Phi) is 8.93. The Balaban J connectivity index is 1.01. The predicted octanol–water partition coefficient (Wildman–Crippen LogP) is 13.9.